The van der Waals surface area contributed by atoms with E-state index in [9.17, 15) is 9.59 Å². The largest absolute Gasteiger partial charge is 0.497 e. The number of benzene rings is 2. The van der Waals surface area contributed by atoms with Crippen molar-refractivity contribution in [3.63, 3.8) is 0 Å². The summed E-state index contributed by atoms with van der Waals surface area (Å²) >= 11 is 1.33. The van der Waals surface area contributed by atoms with Crippen LogP contribution in [0, 0.1) is 0 Å². The number of methoxy groups -OCH3 is 1. The molecule has 3 aromatic rings. The van der Waals surface area contributed by atoms with Crippen molar-refractivity contribution >= 4 is 34.5 Å². The molecule has 0 bridgehead atoms. The number of rotatable bonds is 7. The smallest absolute Gasteiger partial charge is 0.239 e. The van der Waals surface area contributed by atoms with Gasteiger partial charge in [0, 0.05) is 18.5 Å². The van der Waals surface area contributed by atoms with E-state index in [-0.39, 0.29) is 24.1 Å². The molecular formula is C21H21N3O3S. The topological polar surface area (TPSA) is 80.3 Å². The highest BCUT2D eigenvalue weighted by Gasteiger charge is 2.11. The van der Waals surface area contributed by atoms with Gasteiger partial charge in [-0.3, -0.25) is 9.59 Å². The van der Waals surface area contributed by atoms with Crippen LogP contribution in [0.25, 0.3) is 22.0 Å². The van der Waals surface area contributed by atoms with Gasteiger partial charge in [-0.25, -0.2) is 4.98 Å². The summed E-state index contributed by atoms with van der Waals surface area (Å²) in [5, 5.41) is 6.80. The number of ether oxygens (including phenoxy) is 1. The predicted molar refractivity (Wildman–Crippen MR) is 112 cm³/mol. The minimum Gasteiger partial charge on any atom is -0.497 e. The molecule has 2 amide bonds. The lowest BCUT2D eigenvalue weighted by Crippen LogP contribution is -2.36. The molecule has 1 heterocycles. The van der Waals surface area contributed by atoms with E-state index in [0.717, 1.165) is 32.8 Å². The number of thioether (sulfide) groups is 1. The van der Waals surface area contributed by atoms with Crippen LogP contribution >= 0.6 is 11.8 Å². The summed E-state index contributed by atoms with van der Waals surface area (Å²) in [6.45, 7) is -0.0342. The van der Waals surface area contributed by atoms with E-state index in [0.29, 0.717) is 0 Å². The molecular weight excluding hydrogens is 374 g/mol. The number of aromatic nitrogens is 1. The summed E-state index contributed by atoms with van der Waals surface area (Å²) in [6.07, 6.45) is 0. The number of nitrogens with zero attached hydrogens (tertiary/aromatic N) is 1. The molecule has 0 fully saturated rings. The van der Waals surface area contributed by atoms with Gasteiger partial charge < -0.3 is 15.4 Å². The minimum absolute atomic E-state index is 0.0342. The molecule has 0 saturated heterocycles. The fourth-order valence-corrected chi connectivity index (χ4v) is 3.44. The molecule has 0 aliphatic rings. The molecule has 6 nitrogen and oxygen atoms in total. The fraction of sp³-hybridized carbons (Fsp3) is 0.190. The quantitative estimate of drug-likeness (QED) is 0.602. The molecule has 3 rings (SSSR count). The molecule has 2 N–H and O–H groups in total. The SMILES string of the molecule is CNC(=O)CNC(=O)CSc1cc(-c2ccccc2)c2ccc(OC)cc2n1. The average molecular weight is 395 g/mol. The van der Waals surface area contributed by atoms with E-state index in [1.165, 1.54) is 18.8 Å². The van der Waals surface area contributed by atoms with Crippen LogP contribution in [0.2, 0.25) is 0 Å². The molecule has 0 aliphatic carbocycles. The van der Waals surface area contributed by atoms with Crippen molar-refractivity contribution < 1.29 is 14.3 Å². The van der Waals surface area contributed by atoms with Crippen LogP contribution in [0.3, 0.4) is 0 Å². The van der Waals surface area contributed by atoms with Gasteiger partial charge in [0.1, 0.15) is 5.75 Å². The number of carbonyl (C=O) groups is 2. The van der Waals surface area contributed by atoms with Crippen molar-refractivity contribution in [3.05, 3.63) is 54.6 Å². The highest BCUT2D eigenvalue weighted by Crippen LogP contribution is 2.33. The summed E-state index contributed by atoms with van der Waals surface area (Å²) in [5.74, 6) is 0.445. The number of hydrogen-bond donors (Lipinski definition) is 2. The summed E-state index contributed by atoms with van der Waals surface area (Å²) in [7, 11) is 3.15. The number of hydrogen-bond acceptors (Lipinski definition) is 5. The molecule has 0 radical (unpaired) electrons. The van der Waals surface area contributed by atoms with Crippen LogP contribution in [0.15, 0.2) is 59.6 Å². The van der Waals surface area contributed by atoms with Gasteiger partial charge in [-0.15, -0.1) is 0 Å². The standard InChI is InChI=1S/C21H21N3O3S/c1-22-19(25)12-23-20(26)13-28-21-11-17(14-6-4-3-5-7-14)16-9-8-15(27-2)10-18(16)24-21/h3-11H,12-13H2,1-2H3,(H,22,25)(H,23,26). The van der Waals surface area contributed by atoms with Crippen molar-refractivity contribution in [2.24, 2.45) is 0 Å². The molecule has 28 heavy (non-hydrogen) atoms. The first-order valence-electron chi connectivity index (χ1n) is 8.75. The third-order valence-electron chi connectivity index (χ3n) is 4.15. The number of pyridine rings is 1. The van der Waals surface area contributed by atoms with E-state index < -0.39 is 0 Å². The zero-order valence-electron chi connectivity index (χ0n) is 15.7. The second-order valence-electron chi connectivity index (χ2n) is 6.00. The van der Waals surface area contributed by atoms with Crippen molar-refractivity contribution in [2.75, 3.05) is 26.5 Å². The van der Waals surface area contributed by atoms with E-state index in [4.69, 9.17) is 4.74 Å². The normalized spacial score (nSPS) is 10.5. The maximum Gasteiger partial charge on any atom is 0.239 e. The minimum atomic E-state index is -0.236. The van der Waals surface area contributed by atoms with Gasteiger partial charge in [0.15, 0.2) is 0 Å². The number of nitrogens with one attached hydrogen (secondary N) is 2. The summed E-state index contributed by atoms with van der Waals surface area (Å²) < 4.78 is 5.32. The van der Waals surface area contributed by atoms with Crippen LogP contribution in [0.1, 0.15) is 0 Å². The van der Waals surface area contributed by atoms with Crippen LogP contribution in [-0.4, -0.2) is 43.3 Å². The van der Waals surface area contributed by atoms with Crippen molar-refractivity contribution in [2.45, 2.75) is 5.03 Å². The second kappa shape index (κ2) is 9.23. The predicted octanol–water partition coefficient (Wildman–Crippen LogP) is 2.86. The third-order valence-corrected chi connectivity index (χ3v) is 5.07. The highest BCUT2D eigenvalue weighted by molar-refractivity contribution is 7.99. The molecule has 0 saturated carbocycles. The van der Waals surface area contributed by atoms with Gasteiger partial charge in [-0.2, -0.15) is 0 Å². The van der Waals surface area contributed by atoms with Crippen molar-refractivity contribution in [1.82, 2.24) is 15.6 Å². The first-order valence-corrected chi connectivity index (χ1v) is 9.73. The Kier molecular flexibility index (Phi) is 6.49. The molecule has 0 spiro atoms. The van der Waals surface area contributed by atoms with Crippen LogP contribution < -0.4 is 15.4 Å². The Hall–Kier alpha value is -3.06. The first kappa shape index (κ1) is 19.7. The van der Waals surface area contributed by atoms with E-state index in [2.05, 4.69) is 15.6 Å². The van der Waals surface area contributed by atoms with E-state index >= 15 is 0 Å². The Bertz CT molecular complexity index is 993. The maximum absolute atomic E-state index is 12.0. The summed E-state index contributed by atoms with van der Waals surface area (Å²) in [5.41, 5.74) is 2.92. The molecule has 0 aliphatic heterocycles. The number of carbonyl (C=O) groups excluding carboxylic acids is 2. The van der Waals surface area contributed by atoms with Gasteiger partial charge in [-0.05, 0) is 29.3 Å². The van der Waals surface area contributed by atoms with E-state index in [1.54, 1.807) is 7.11 Å². The Morgan fingerprint density at radius 2 is 1.86 bits per heavy atom. The number of amides is 2. The second-order valence-corrected chi connectivity index (χ2v) is 6.99. The van der Waals surface area contributed by atoms with Gasteiger partial charge in [0.2, 0.25) is 11.8 Å². The van der Waals surface area contributed by atoms with E-state index in [1.807, 2.05) is 54.6 Å². The molecule has 2 aromatic carbocycles. The Labute approximate surface area is 167 Å². The van der Waals surface area contributed by atoms with Crippen molar-refractivity contribution in [1.29, 1.82) is 0 Å². The first-order chi connectivity index (χ1) is 13.6. The highest BCUT2D eigenvalue weighted by atomic mass is 32.2. The van der Waals surface area contributed by atoms with Crippen LogP contribution in [0.5, 0.6) is 5.75 Å². The molecule has 144 valence electrons. The average Bonchev–Trinajstić information content (AvgIpc) is 2.75. The third kappa shape index (κ3) is 4.80. The lowest BCUT2D eigenvalue weighted by Gasteiger charge is -2.11. The lowest BCUT2D eigenvalue weighted by atomic mass is 10.0. The van der Waals surface area contributed by atoms with Gasteiger partial charge in [-0.1, -0.05) is 42.1 Å². The van der Waals surface area contributed by atoms with Gasteiger partial charge in [0.25, 0.3) is 0 Å². The lowest BCUT2D eigenvalue weighted by molar-refractivity contribution is -0.124. The Balaban J connectivity index is 1.88. The van der Waals surface area contributed by atoms with Crippen LogP contribution in [-0.2, 0) is 9.59 Å². The Morgan fingerprint density at radius 1 is 1.07 bits per heavy atom. The summed E-state index contributed by atoms with van der Waals surface area (Å²) in [4.78, 5) is 27.9. The fourth-order valence-electron chi connectivity index (χ4n) is 2.70. The zero-order valence-corrected chi connectivity index (χ0v) is 16.5. The molecule has 0 atom stereocenters. The Morgan fingerprint density at radius 3 is 2.57 bits per heavy atom. The number of fused-ring (bicyclic) bond motifs is 1. The number of likely N-dealkylation sites (N-methyl/N-ethyl adjacent to an activating group) is 1. The molecule has 7 heteroatoms. The van der Waals surface area contributed by atoms with Gasteiger partial charge >= 0.3 is 0 Å². The van der Waals surface area contributed by atoms with Crippen LogP contribution in [0.4, 0.5) is 0 Å². The van der Waals surface area contributed by atoms with Gasteiger partial charge in [0.05, 0.1) is 30.0 Å². The summed E-state index contributed by atoms with van der Waals surface area (Å²) in [6, 6.07) is 17.8. The maximum atomic E-state index is 12.0. The van der Waals surface area contributed by atoms with Crippen molar-refractivity contribution in [3.8, 4) is 16.9 Å². The monoisotopic (exact) mass is 395 g/mol. The molecule has 0 unspecified atom stereocenters. The zero-order chi connectivity index (χ0) is 19.9. The molecule has 1 aromatic heterocycles.